The fourth-order valence-electron chi connectivity index (χ4n) is 8.91. The molecule has 5 aromatic heterocycles. The van der Waals surface area contributed by atoms with Crippen LogP contribution in [0, 0.1) is 0 Å². The molecule has 6 heteroatoms. The third kappa shape index (κ3) is 5.11. The summed E-state index contributed by atoms with van der Waals surface area (Å²) in [4.78, 5) is 16.3. The second-order valence-electron chi connectivity index (χ2n) is 14.8. The number of pyridine rings is 1. The largest absolute Gasteiger partial charge is 0.309 e. The molecule has 57 heavy (non-hydrogen) atoms. The van der Waals surface area contributed by atoms with Crippen molar-refractivity contribution >= 4 is 76.7 Å². The molecule has 1 aliphatic rings. The molecular formula is C51H33N5S. The molecule has 0 aliphatic heterocycles. The third-order valence-corrected chi connectivity index (χ3v) is 12.7. The van der Waals surface area contributed by atoms with Crippen LogP contribution < -0.4 is 0 Å². The van der Waals surface area contributed by atoms with Gasteiger partial charge in [0.2, 0.25) is 5.95 Å². The summed E-state index contributed by atoms with van der Waals surface area (Å²) in [6.45, 7) is 0. The van der Waals surface area contributed by atoms with Crippen LogP contribution >= 0.6 is 11.3 Å². The molecule has 0 amide bonds. The van der Waals surface area contributed by atoms with Crippen LogP contribution in [0.5, 0.6) is 0 Å². The molecule has 5 nitrogen and oxygen atoms in total. The molecule has 0 saturated heterocycles. The maximum absolute atomic E-state index is 5.46. The van der Waals surface area contributed by atoms with E-state index >= 15 is 0 Å². The molecule has 0 spiro atoms. The Labute approximate surface area is 332 Å². The SMILES string of the molecule is C1=C(c2ccc3c(c2)c2ccccc2n3-c2ccncc2)CCc2c1c1cc3ccccc3cc1n2-c1nc(-c2ccccc2)c2sc(-c3ccccc3)cc2n1. The van der Waals surface area contributed by atoms with Gasteiger partial charge in [-0.05, 0) is 94.9 Å². The topological polar surface area (TPSA) is 48.5 Å². The summed E-state index contributed by atoms with van der Waals surface area (Å²) in [5.74, 6) is 0.711. The number of hydrogen-bond donors (Lipinski definition) is 0. The average molecular weight is 748 g/mol. The number of fused-ring (bicyclic) bond motifs is 8. The predicted molar refractivity (Wildman–Crippen MR) is 237 cm³/mol. The number of rotatable bonds is 5. The van der Waals surface area contributed by atoms with Gasteiger partial charge in [-0.1, -0.05) is 109 Å². The van der Waals surface area contributed by atoms with Crippen molar-refractivity contribution in [2.45, 2.75) is 12.8 Å². The van der Waals surface area contributed by atoms with Crippen LogP contribution in [0.3, 0.4) is 0 Å². The Morgan fingerprint density at radius 1 is 0.509 bits per heavy atom. The zero-order valence-electron chi connectivity index (χ0n) is 30.8. The van der Waals surface area contributed by atoms with Gasteiger partial charge in [-0.15, -0.1) is 11.3 Å². The lowest BCUT2D eigenvalue weighted by Gasteiger charge is -2.18. The molecule has 268 valence electrons. The van der Waals surface area contributed by atoms with Crippen LogP contribution in [-0.4, -0.2) is 24.1 Å². The first kappa shape index (κ1) is 32.1. The third-order valence-electron chi connectivity index (χ3n) is 11.6. The van der Waals surface area contributed by atoms with E-state index in [1.807, 2.05) is 12.4 Å². The van der Waals surface area contributed by atoms with Crippen molar-refractivity contribution in [1.82, 2.24) is 24.1 Å². The molecular weight excluding hydrogens is 715 g/mol. The van der Waals surface area contributed by atoms with Gasteiger partial charge in [0.25, 0.3) is 0 Å². The summed E-state index contributed by atoms with van der Waals surface area (Å²) >= 11 is 1.76. The van der Waals surface area contributed by atoms with E-state index < -0.39 is 0 Å². The van der Waals surface area contributed by atoms with Crippen molar-refractivity contribution in [3.05, 3.63) is 187 Å². The number of benzene rings is 6. The number of nitrogens with zero attached hydrogens (tertiary/aromatic N) is 5. The number of thiophene rings is 1. The van der Waals surface area contributed by atoms with Gasteiger partial charge >= 0.3 is 0 Å². The molecule has 0 bridgehead atoms. The fourth-order valence-corrected chi connectivity index (χ4v) is 10.0. The summed E-state index contributed by atoms with van der Waals surface area (Å²) in [6.07, 6.45) is 7.93. The highest BCUT2D eigenvalue weighted by Crippen LogP contribution is 2.43. The van der Waals surface area contributed by atoms with E-state index in [2.05, 4.69) is 178 Å². The Kier molecular flexibility index (Phi) is 7.16. The van der Waals surface area contributed by atoms with Crippen LogP contribution in [-0.2, 0) is 6.42 Å². The Balaban J connectivity index is 1.08. The number of para-hydroxylation sites is 1. The minimum absolute atomic E-state index is 0.711. The van der Waals surface area contributed by atoms with Crippen molar-refractivity contribution in [3.8, 4) is 33.3 Å². The van der Waals surface area contributed by atoms with Crippen LogP contribution in [0.15, 0.2) is 170 Å². The lowest BCUT2D eigenvalue weighted by Crippen LogP contribution is -2.09. The molecule has 12 rings (SSSR count). The van der Waals surface area contributed by atoms with Gasteiger partial charge in [-0.25, -0.2) is 9.97 Å². The quantitative estimate of drug-likeness (QED) is 0.176. The Bertz CT molecular complexity index is 3390. The normalized spacial score (nSPS) is 12.9. The fraction of sp³-hybridized carbons (Fsp3) is 0.0392. The lowest BCUT2D eigenvalue weighted by molar-refractivity contribution is 0.859. The second-order valence-corrected chi connectivity index (χ2v) is 15.9. The predicted octanol–water partition coefficient (Wildman–Crippen LogP) is 13.1. The molecule has 0 saturated carbocycles. The Morgan fingerprint density at radius 3 is 2.05 bits per heavy atom. The van der Waals surface area contributed by atoms with E-state index in [1.54, 1.807) is 11.3 Å². The van der Waals surface area contributed by atoms with Crippen molar-refractivity contribution in [1.29, 1.82) is 0 Å². The van der Waals surface area contributed by atoms with Crippen LogP contribution in [0.25, 0.3) is 98.7 Å². The van der Waals surface area contributed by atoms with E-state index in [0.29, 0.717) is 5.95 Å². The van der Waals surface area contributed by atoms with Gasteiger partial charge in [0.1, 0.15) is 0 Å². The molecule has 5 heterocycles. The number of allylic oxidation sites excluding steroid dienone is 1. The maximum Gasteiger partial charge on any atom is 0.235 e. The minimum Gasteiger partial charge on any atom is -0.309 e. The molecule has 0 radical (unpaired) electrons. The Morgan fingerprint density at radius 2 is 1.23 bits per heavy atom. The van der Waals surface area contributed by atoms with Gasteiger partial charge in [-0.3, -0.25) is 9.55 Å². The van der Waals surface area contributed by atoms with E-state index in [-0.39, 0.29) is 0 Å². The van der Waals surface area contributed by atoms with Gasteiger partial charge in [0, 0.05) is 55.9 Å². The van der Waals surface area contributed by atoms with Crippen LogP contribution in [0.4, 0.5) is 0 Å². The molecule has 1 aliphatic carbocycles. The van der Waals surface area contributed by atoms with Crippen molar-refractivity contribution in [3.63, 3.8) is 0 Å². The second kappa shape index (κ2) is 12.7. The minimum atomic E-state index is 0.711. The summed E-state index contributed by atoms with van der Waals surface area (Å²) < 4.78 is 5.79. The standard InChI is InChI=1S/C51H33N5S/c1-3-11-32(12-4-1)48-31-43-50(57-48)49(33-13-5-2-6-14-33)54-51(53-43)56-46-22-20-37(29-41(46)42-27-34-15-7-8-16-35(34)30-47(42)56)36-19-21-45-40(28-36)39-17-9-10-18-44(39)55(45)38-23-25-52-26-24-38/h1-19,21,23-31H,20,22H2. The van der Waals surface area contributed by atoms with Crippen molar-refractivity contribution in [2.75, 3.05) is 0 Å². The van der Waals surface area contributed by atoms with Gasteiger partial charge < -0.3 is 4.57 Å². The molecule has 6 aromatic carbocycles. The molecule has 0 unspecified atom stereocenters. The highest BCUT2D eigenvalue weighted by Gasteiger charge is 2.26. The van der Waals surface area contributed by atoms with Crippen LogP contribution in [0.1, 0.15) is 23.2 Å². The van der Waals surface area contributed by atoms with E-state index in [4.69, 9.17) is 9.97 Å². The average Bonchev–Trinajstić information content (AvgIpc) is 3.96. The first-order chi connectivity index (χ1) is 28.2. The Hall–Kier alpha value is -7.15. The monoisotopic (exact) mass is 747 g/mol. The highest BCUT2D eigenvalue weighted by molar-refractivity contribution is 7.22. The van der Waals surface area contributed by atoms with Crippen LogP contribution in [0.2, 0.25) is 0 Å². The number of hydrogen-bond acceptors (Lipinski definition) is 4. The molecule has 0 atom stereocenters. The lowest BCUT2D eigenvalue weighted by atomic mass is 9.90. The van der Waals surface area contributed by atoms with Gasteiger partial charge in [0.05, 0.1) is 32.5 Å². The van der Waals surface area contributed by atoms with Crippen molar-refractivity contribution in [2.24, 2.45) is 0 Å². The van der Waals surface area contributed by atoms with Gasteiger partial charge in [0.15, 0.2) is 0 Å². The summed E-state index contributed by atoms with van der Waals surface area (Å²) in [5.41, 5.74) is 13.9. The molecule has 0 fully saturated rings. The van der Waals surface area contributed by atoms with Gasteiger partial charge in [-0.2, -0.15) is 0 Å². The molecule has 11 aromatic rings. The van der Waals surface area contributed by atoms with Crippen molar-refractivity contribution < 1.29 is 0 Å². The van der Waals surface area contributed by atoms with E-state index in [9.17, 15) is 0 Å². The zero-order chi connectivity index (χ0) is 37.5. The number of aromatic nitrogens is 5. The molecule has 0 N–H and O–H groups in total. The first-order valence-electron chi connectivity index (χ1n) is 19.4. The first-order valence-corrected chi connectivity index (χ1v) is 20.2. The maximum atomic E-state index is 5.46. The zero-order valence-corrected chi connectivity index (χ0v) is 31.6. The summed E-state index contributed by atoms with van der Waals surface area (Å²) in [7, 11) is 0. The summed E-state index contributed by atoms with van der Waals surface area (Å²) in [5, 5.41) is 6.14. The smallest absolute Gasteiger partial charge is 0.235 e. The van der Waals surface area contributed by atoms with E-state index in [0.717, 1.165) is 45.5 Å². The summed E-state index contributed by atoms with van der Waals surface area (Å²) in [6, 6.07) is 56.6. The van der Waals surface area contributed by atoms with E-state index in [1.165, 1.54) is 70.8 Å². The highest BCUT2D eigenvalue weighted by atomic mass is 32.1.